The highest BCUT2D eigenvalue weighted by Crippen LogP contribution is 2.36. The summed E-state index contributed by atoms with van der Waals surface area (Å²) < 4.78 is 43.0. The molecule has 3 rings (SSSR count). The van der Waals surface area contributed by atoms with E-state index >= 15 is 0 Å². The molecule has 2 aliphatic rings. The molecule has 0 N–H and O–H groups in total. The average Bonchev–Trinajstić information content (AvgIpc) is 2.88. The maximum atomic E-state index is 12.8. The van der Waals surface area contributed by atoms with Crippen LogP contribution in [-0.2, 0) is 23.9 Å². The first kappa shape index (κ1) is 24.9. The number of hydrogen-bond acceptors (Lipinski definition) is 8. The molecular formula is C21H34BN3O6S. The highest BCUT2D eigenvalue weighted by Gasteiger charge is 2.52. The molecule has 2 fully saturated rings. The number of nitrogens with zero attached hydrogens (tertiary/aromatic N) is 3. The van der Waals surface area contributed by atoms with Crippen LogP contribution in [0.3, 0.4) is 0 Å². The molecule has 0 atom stereocenters. The number of hydrogen-bond donors (Lipinski definition) is 0. The van der Waals surface area contributed by atoms with Crippen LogP contribution in [-0.4, -0.2) is 72.1 Å². The summed E-state index contributed by atoms with van der Waals surface area (Å²) in [7, 11) is -4.30. The predicted octanol–water partition coefficient (Wildman–Crippen LogP) is 2.20. The second kappa shape index (κ2) is 8.57. The molecule has 1 amide bonds. The second-order valence-corrected chi connectivity index (χ2v) is 12.5. The lowest BCUT2D eigenvalue weighted by atomic mass is 9.81. The molecule has 0 saturated carbocycles. The molecule has 1 aromatic heterocycles. The van der Waals surface area contributed by atoms with E-state index in [1.54, 1.807) is 4.90 Å². The van der Waals surface area contributed by atoms with Gasteiger partial charge in [-0.3, -0.25) is 0 Å². The average molecular weight is 467 g/mol. The summed E-state index contributed by atoms with van der Waals surface area (Å²) in [5.74, 6) is -0.115. The lowest BCUT2D eigenvalue weighted by Crippen LogP contribution is -2.42. The molecule has 11 heteroatoms. The lowest BCUT2D eigenvalue weighted by Gasteiger charge is -2.33. The predicted molar refractivity (Wildman–Crippen MR) is 120 cm³/mol. The van der Waals surface area contributed by atoms with Crippen LogP contribution >= 0.6 is 0 Å². The standard InChI is InChI=1S/C21H34BN3O6S/c1-19(2,3)29-18(26)25-10-8-15(9-11-25)14-32(27,28)17-23-12-16(13-24-17)22-30-20(4,5)21(6,7)31-22/h12-13,15H,8-11,14H2,1-7H3. The van der Waals surface area contributed by atoms with Crippen LogP contribution in [0.15, 0.2) is 17.6 Å². The molecule has 2 aliphatic heterocycles. The Hall–Kier alpha value is -1.72. The van der Waals surface area contributed by atoms with E-state index in [0.717, 1.165) is 0 Å². The molecule has 0 aromatic carbocycles. The summed E-state index contributed by atoms with van der Waals surface area (Å²) in [5, 5.41) is -0.202. The van der Waals surface area contributed by atoms with Crippen LogP contribution in [0.4, 0.5) is 4.79 Å². The maximum absolute atomic E-state index is 12.8. The first-order valence-corrected chi connectivity index (χ1v) is 12.6. The normalized spacial score (nSPS) is 21.6. The number of ether oxygens (including phenoxy) is 1. The lowest BCUT2D eigenvalue weighted by molar-refractivity contribution is 0.00578. The molecule has 0 bridgehead atoms. The van der Waals surface area contributed by atoms with Crippen LogP contribution in [0.1, 0.15) is 61.3 Å². The van der Waals surface area contributed by atoms with Crippen LogP contribution in [0.2, 0.25) is 0 Å². The molecule has 1 aromatic rings. The molecule has 2 saturated heterocycles. The zero-order chi connectivity index (χ0) is 23.9. The van der Waals surface area contributed by atoms with Gasteiger partial charge in [-0.05, 0) is 67.2 Å². The number of amides is 1. The fourth-order valence-electron chi connectivity index (χ4n) is 3.58. The van der Waals surface area contributed by atoms with Crippen molar-refractivity contribution in [2.45, 2.75) is 83.3 Å². The van der Waals surface area contributed by atoms with Gasteiger partial charge in [0, 0.05) is 30.9 Å². The van der Waals surface area contributed by atoms with Gasteiger partial charge in [-0.1, -0.05) is 0 Å². The number of piperidine rings is 1. The van der Waals surface area contributed by atoms with Crippen molar-refractivity contribution in [3.8, 4) is 0 Å². The zero-order valence-electron chi connectivity index (χ0n) is 20.0. The van der Waals surface area contributed by atoms with Gasteiger partial charge in [0.15, 0.2) is 0 Å². The summed E-state index contributed by atoms with van der Waals surface area (Å²) in [6.07, 6.45) is 3.72. The molecule has 9 nitrogen and oxygen atoms in total. The van der Waals surface area contributed by atoms with Crippen LogP contribution in [0.5, 0.6) is 0 Å². The molecular weight excluding hydrogens is 433 g/mol. The highest BCUT2D eigenvalue weighted by molar-refractivity contribution is 7.91. The minimum Gasteiger partial charge on any atom is -0.444 e. The summed E-state index contributed by atoms with van der Waals surface area (Å²) in [6, 6.07) is 0. The number of carbonyl (C=O) groups is 1. The Morgan fingerprint density at radius 1 is 1.12 bits per heavy atom. The third-order valence-corrected chi connectivity index (χ3v) is 7.85. The van der Waals surface area contributed by atoms with E-state index in [4.69, 9.17) is 14.0 Å². The Morgan fingerprint density at radius 3 is 2.09 bits per heavy atom. The van der Waals surface area contributed by atoms with E-state index in [9.17, 15) is 13.2 Å². The van der Waals surface area contributed by atoms with E-state index in [1.165, 1.54) is 12.4 Å². The Morgan fingerprint density at radius 2 is 1.62 bits per heavy atom. The molecule has 32 heavy (non-hydrogen) atoms. The quantitative estimate of drug-likeness (QED) is 0.490. The van der Waals surface area contributed by atoms with Crippen LogP contribution < -0.4 is 5.46 Å². The first-order chi connectivity index (χ1) is 14.6. The van der Waals surface area contributed by atoms with Crippen molar-refractivity contribution >= 4 is 28.5 Å². The minimum absolute atomic E-state index is 0.0506. The van der Waals surface area contributed by atoms with Crippen LogP contribution in [0.25, 0.3) is 0 Å². The summed E-state index contributed by atoms with van der Waals surface area (Å²) in [5.41, 5.74) is -0.984. The van der Waals surface area contributed by atoms with E-state index in [2.05, 4.69) is 9.97 Å². The highest BCUT2D eigenvalue weighted by atomic mass is 32.2. The first-order valence-electron chi connectivity index (χ1n) is 11.0. The van der Waals surface area contributed by atoms with Gasteiger partial charge in [0.05, 0.1) is 17.0 Å². The van der Waals surface area contributed by atoms with E-state index in [1.807, 2.05) is 48.5 Å². The number of sulfone groups is 1. The fraction of sp³-hybridized carbons (Fsp3) is 0.762. The zero-order valence-corrected chi connectivity index (χ0v) is 20.9. The monoisotopic (exact) mass is 467 g/mol. The molecule has 0 radical (unpaired) electrons. The SMILES string of the molecule is CC(C)(C)OC(=O)N1CCC(CS(=O)(=O)c2ncc(B3OC(C)(C)C(C)(C)O3)cn2)CC1. The number of likely N-dealkylation sites (tertiary alicyclic amines) is 1. The summed E-state index contributed by atoms with van der Waals surface area (Å²) in [4.78, 5) is 22.0. The van der Waals surface area contributed by atoms with Gasteiger partial charge < -0.3 is 18.9 Å². The minimum atomic E-state index is -3.65. The molecule has 0 spiro atoms. The summed E-state index contributed by atoms with van der Waals surface area (Å²) in [6.45, 7) is 14.2. The maximum Gasteiger partial charge on any atom is 0.498 e. The number of carbonyl (C=O) groups excluding carboxylic acids is 1. The van der Waals surface area contributed by atoms with Gasteiger partial charge in [-0.25, -0.2) is 23.2 Å². The third-order valence-electron chi connectivity index (χ3n) is 6.17. The van der Waals surface area contributed by atoms with Crippen LogP contribution in [0, 0.1) is 5.92 Å². The van der Waals surface area contributed by atoms with Gasteiger partial charge >= 0.3 is 13.2 Å². The van der Waals surface area contributed by atoms with Crippen molar-refractivity contribution in [2.75, 3.05) is 18.8 Å². The van der Waals surface area contributed by atoms with Crippen molar-refractivity contribution in [1.82, 2.24) is 14.9 Å². The van der Waals surface area contributed by atoms with Gasteiger partial charge in [-0.15, -0.1) is 0 Å². The topological polar surface area (TPSA) is 108 Å². The second-order valence-electron chi connectivity index (χ2n) is 10.6. The molecule has 0 unspecified atom stereocenters. The Kier molecular flexibility index (Phi) is 6.67. The van der Waals surface area contributed by atoms with Gasteiger partial charge in [-0.2, -0.15) is 0 Å². The number of rotatable bonds is 4. The van der Waals surface area contributed by atoms with Gasteiger partial charge in [0.1, 0.15) is 5.60 Å². The van der Waals surface area contributed by atoms with Crippen molar-refractivity contribution in [3.63, 3.8) is 0 Å². The van der Waals surface area contributed by atoms with E-state index in [-0.39, 0.29) is 22.9 Å². The molecule has 178 valence electrons. The Balaban J connectivity index is 1.58. The summed E-state index contributed by atoms with van der Waals surface area (Å²) >= 11 is 0. The fourth-order valence-corrected chi connectivity index (χ4v) is 5.11. The smallest absolute Gasteiger partial charge is 0.444 e. The van der Waals surface area contributed by atoms with Crippen molar-refractivity contribution in [2.24, 2.45) is 5.92 Å². The van der Waals surface area contributed by atoms with E-state index in [0.29, 0.717) is 31.4 Å². The van der Waals surface area contributed by atoms with E-state index < -0.39 is 33.8 Å². The Bertz CT molecular complexity index is 919. The molecule has 3 heterocycles. The third kappa shape index (κ3) is 5.61. The van der Waals surface area contributed by atoms with Crippen molar-refractivity contribution < 1.29 is 27.3 Å². The largest absolute Gasteiger partial charge is 0.498 e. The van der Waals surface area contributed by atoms with Crippen molar-refractivity contribution in [3.05, 3.63) is 12.4 Å². The number of aromatic nitrogens is 2. The van der Waals surface area contributed by atoms with Gasteiger partial charge in [0.2, 0.25) is 15.0 Å². The Labute approximate surface area is 191 Å². The van der Waals surface area contributed by atoms with Crippen molar-refractivity contribution in [1.29, 1.82) is 0 Å². The molecule has 0 aliphatic carbocycles. The van der Waals surface area contributed by atoms with Gasteiger partial charge in [0.25, 0.3) is 0 Å².